The Morgan fingerprint density at radius 2 is 1.91 bits per heavy atom. The van der Waals surface area contributed by atoms with Gasteiger partial charge in [-0.15, -0.1) is 14.8 Å². The van der Waals surface area contributed by atoms with Gasteiger partial charge < -0.3 is 4.90 Å². The van der Waals surface area contributed by atoms with Crippen molar-refractivity contribution in [1.82, 2.24) is 29.6 Å². The van der Waals surface area contributed by atoms with Crippen molar-refractivity contribution < 1.29 is 0 Å². The van der Waals surface area contributed by atoms with E-state index in [1.54, 1.807) is 4.63 Å². The average Bonchev–Trinajstić information content (AvgIpc) is 3.16. The molecule has 1 aliphatic heterocycles. The monoisotopic (exact) mass is 311 g/mol. The number of hydrogen-bond acceptors (Lipinski definition) is 5. The lowest BCUT2D eigenvalue weighted by atomic mass is 10.0. The van der Waals surface area contributed by atoms with E-state index in [2.05, 4.69) is 39.0 Å². The molecule has 1 saturated heterocycles. The molecule has 0 amide bonds. The number of rotatable bonds is 2. The standard InChI is InChI=1S/C16H21N7/c1-10-16(11(2)21(4)18-10)13-6-5-9-22(13)15-8-7-14-17-12(3)19-23(14)20-15/h7-8,13H,5-6,9H2,1-4H3. The lowest BCUT2D eigenvalue weighted by molar-refractivity contribution is 0.678. The van der Waals surface area contributed by atoms with Crippen molar-refractivity contribution in [2.45, 2.75) is 39.7 Å². The minimum atomic E-state index is 0.332. The largest absolute Gasteiger partial charge is 0.348 e. The van der Waals surface area contributed by atoms with Crippen molar-refractivity contribution in [1.29, 1.82) is 0 Å². The summed E-state index contributed by atoms with van der Waals surface area (Å²) in [7, 11) is 2.01. The van der Waals surface area contributed by atoms with Gasteiger partial charge in [-0.3, -0.25) is 4.68 Å². The SMILES string of the molecule is Cc1nc2ccc(N3CCCC3c3c(C)nn(C)c3C)nn2n1. The minimum absolute atomic E-state index is 0.332. The molecule has 0 radical (unpaired) electrons. The molecule has 0 bridgehead atoms. The Morgan fingerprint density at radius 3 is 2.65 bits per heavy atom. The van der Waals surface area contributed by atoms with Gasteiger partial charge >= 0.3 is 0 Å². The molecule has 0 N–H and O–H groups in total. The molecule has 1 atom stereocenters. The van der Waals surface area contributed by atoms with E-state index in [1.807, 2.05) is 30.8 Å². The highest BCUT2D eigenvalue weighted by Crippen LogP contribution is 2.37. The fourth-order valence-corrected chi connectivity index (χ4v) is 3.64. The second kappa shape index (κ2) is 5.04. The Morgan fingerprint density at radius 1 is 1.09 bits per heavy atom. The van der Waals surface area contributed by atoms with E-state index in [0.717, 1.165) is 42.4 Å². The zero-order valence-corrected chi connectivity index (χ0v) is 14.0. The van der Waals surface area contributed by atoms with Crippen molar-refractivity contribution in [2.24, 2.45) is 7.05 Å². The maximum absolute atomic E-state index is 4.66. The Labute approximate surface area is 134 Å². The van der Waals surface area contributed by atoms with E-state index < -0.39 is 0 Å². The fourth-order valence-electron chi connectivity index (χ4n) is 3.64. The predicted octanol–water partition coefficient (Wildman–Crippen LogP) is 2.12. The van der Waals surface area contributed by atoms with E-state index in [4.69, 9.17) is 0 Å². The van der Waals surface area contributed by atoms with E-state index >= 15 is 0 Å². The molecule has 23 heavy (non-hydrogen) atoms. The topological polar surface area (TPSA) is 64.1 Å². The van der Waals surface area contributed by atoms with Crippen LogP contribution in [0.15, 0.2) is 12.1 Å². The van der Waals surface area contributed by atoms with Crippen LogP contribution in [0.5, 0.6) is 0 Å². The van der Waals surface area contributed by atoms with Crippen LogP contribution in [0.2, 0.25) is 0 Å². The van der Waals surface area contributed by atoms with Gasteiger partial charge in [-0.25, -0.2) is 4.98 Å². The predicted molar refractivity (Wildman–Crippen MR) is 87.5 cm³/mol. The Bertz CT molecular complexity index is 876. The van der Waals surface area contributed by atoms with Crippen molar-refractivity contribution in [3.63, 3.8) is 0 Å². The van der Waals surface area contributed by atoms with Gasteiger partial charge in [-0.2, -0.15) is 5.10 Å². The van der Waals surface area contributed by atoms with Crippen molar-refractivity contribution in [2.75, 3.05) is 11.4 Å². The molecule has 0 aliphatic carbocycles. The fraction of sp³-hybridized carbons (Fsp3) is 0.500. The van der Waals surface area contributed by atoms with Crippen molar-refractivity contribution in [3.8, 4) is 0 Å². The maximum atomic E-state index is 4.66. The van der Waals surface area contributed by atoms with Crippen LogP contribution >= 0.6 is 0 Å². The van der Waals surface area contributed by atoms with Crippen LogP contribution in [0.1, 0.15) is 41.7 Å². The number of nitrogens with zero attached hydrogens (tertiary/aromatic N) is 7. The number of hydrogen-bond donors (Lipinski definition) is 0. The Hall–Kier alpha value is -2.44. The molecule has 1 fully saturated rings. The quantitative estimate of drug-likeness (QED) is 0.725. The second-order valence-corrected chi connectivity index (χ2v) is 6.26. The zero-order chi connectivity index (χ0) is 16.1. The van der Waals surface area contributed by atoms with Crippen LogP contribution in [0, 0.1) is 20.8 Å². The normalized spacial score (nSPS) is 18.3. The Balaban J connectivity index is 1.76. The van der Waals surface area contributed by atoms with Gasteiger partial charge in [0.2, 0.25) is 0 Å². The molecule has 0 aromatic carbocycles. The molecule has 4 rings (SSSR count). The number of aromatic nitrogens is 6. The highest BCUT2D eigenvalue weighted by atomic mass is 15.5. The summed E-state index contributed by atoms with van der Waals surface area (Å²) >= 11 is 0. The van der Waals surface area contributed by atoms with Gasteiger partial charge in [0.25, 0.3) is 0 Å². The molecule has 1 aliphatic rings. The van der Waals surface area contributed by atoms with Crippen LogP contribution in [0.3, 0.4) is 0 Å². The first-order valence-corrected chi connectivity index (χ1v) is 8.02. The number of fused-ring (bicyclic) bond motifs is 1. The highest BCUT2D eigenvalue weighted by molar-refractivity contribution is 5.49. The summed E-state index contributed by atoms with van der Waals surface area (Å²) in [6, 6.07) is 4.36. The molecule has 0 spiro atoms. The zero-order valence-electron chi connectivity index (χ0n) is 14.0. The third-order valence-corrected chi connectivity index (χ3v) is 4.74. The average molecular weight is 311 g/mol. The van der Waals surface area contributed by atoms with Crippen LogP contribution in [-0.4, -0.2) is 36.1 Å². The summed E-state index contributed by atoms with van der Waals surface area (Å²) in [6.45, 7) is 7.12. The summed E-state index contributed by atoms with van der Waals surface area (Å²) in [4.78, 5) is 6.72. The van der Waals surface area contributed by atoms with Crippen LogP contribution in [0.25, 0.3) is 5.65 Å². The third-order valence-electron chi connectivity index (χ3n) is 4.74. The molecule has 7 heteroatoms. The molecule has 4 heterocycles. The van der Waals surface area contributed by atoms with E-state index in [9.17, 15) is 0 Å². The molecular weight excluding hydrogens is 290 g/mol. The van der Waals surface area contributed by atoms with E-state index in [-0.39, 0.29) is 0 Å². The summed E-state index contributed by atoms with van der Waals surface area (Å²) < 4.78 is 3.60. The van der Waals surface area contributed by atoms with Crippen LogP contribution in [-0.2, 0) is 7.05 Å². The van der Waals surface area contributed by atoms with Crippen molar-refractivity contribution in [3.05, 3.63) is 34.9 Å². The molecule has 1 unspecified atom stereocenters. The first-order valence-electron chi connectivity index (χ1n) is 8.02. The van der Waals surface area contributed by atoms with Gasteiger partial charge in [-0.1, -0.05) is 0 Å². The molecule has 120 valence electrons. The smallest absolute Gasteiger partial charge is 0.176 e. The second-order valence-electron chi connectivity index (χ2n) is 6.26. The summed E-state index contributed by atoms with van der Waals surface area (Å²) in [5.41, 5.74) is 4.47. The minimum Gasteiger partial charge on any atom is -0.348 e. The first-order chi connectivity index (χ1) is 11.0. The van der Waals surface area contributed by atoms with Gasteiger partial charge in [0.05, 0.1) is 11.7 Å². The van der Waals surface area contributed by atoms with Crippen molar-refractivity contribution >= 4 is 11.5 Å². The summed E-state index contributed by atoms with van der Waals surface area (Å²) in [5.74, 6) is 1.69. The van der Waals surface area contributed by atoms with Gasteiger partial charge in [-0.05, 0) is 45.7 Å². The van der Waals surface area contributed by atoms with Crippen LogP contribution in [0.4, 0.5) is 5.82 Å². The van der Waals surface area contributed by atoms with Gasteiger partial charge in [0, 0.05) is 24.8 Å². The Kier molecular flexibility index (Phi) is 3.11. The van der Waals surface area contributed by atoms with E-state index in [1.165, 1.54) is 11.3 Å². The first kappa shape index (κ1) is 14.2. The number of aryl methyl sites for hydroxylation is 3. The maximum Gasteiger partial charge on any atom is 0.176 e. The summed E-state index contributed by atoms with van der Waals surface area (Å²) in [6.07, 6.45) is 2.29. The van der Waals surface area contributed by atoms with Crippen LogP contribution < -0.4 is 4.90 Å². The molecule has 7 nitrogen and oxygen atoms in total. The van der Waals surface area contributed by atoms with E-state index in [0.29, 0.717) is 6.04 Å². The molecule has 3 aromatic rings. The lowest BCUT2D eigenvalue weighted by Crippen LogP contribution is -2.25. The molecular formula is C16H21N7. The molecule has 0 saturated carbocycles. The lowest BCUT2D eigenvalue weighted by Gasteiger charge is -2.26. The number of anilines is 1. The summed E-state index contributed by atoms with van der Waals surface area (Å²) in [5, 5.41) is 13.6. The van der Waals surface area contributed by atoms with Gasteiger partial charge in [0.15, 0.2) is 11.5 Å². The molecule has 3 aromatic heterocycles. The highest BCUT2D eigenvalue weighted by Gasteiger charge is 2.31. The van der Waals surface area contributed by atoms with Gasteiger partial charge in [0.1, 0.15) is 5.82 Å². The third kappa shape index (κ3) is 2.18.